The maximum atomic E-state index is 4.95. The van der Waals surface area contributed by atoms with Gasteiger partial charge in [0.15, 0.2) is 0 Å². The van der Waals surface area contributed by atoms with Crippen LogP contribution >= 0.6 is 0 Å². The fourth-order valence-electron chi connectivity index (χ4n) is 2.54. The van der Waals surface area contributed by atoms with Gasteiger partial charge in [-0.3, -0.25) is 0 Å². The molecule has 84 valence electrons. The van der Waals surface area contributed by atoms with Crippen LogP contribution < -0.4 is 0 Å². The summed E-state index contributed by atoms with van der Waals surface area (Å²) in [6.07, 6.45) is 5.54. The third-order valence-corrected chi connectivity index (χ3v) is 6.26. The Hall–Kier alpha value is -0.591. The Morgan fingerprint density at radius 2 is 2.00 bits per heavy atom. The van der Waals surface area contributed by atoms with Crippen LogP contribution in [0.4, 0.5) is 0 Å². The molecular formula is C14H17NSe. The Kier molecular flexibility index (Phi) is 2.87. The number of nitrogens with zero attached hydrogens (tertiary/aromatic N) is 1. The van der Waals surface area contributed by atoms with Crippen molar-refractivity contribution in [2.45, 2.75) is 43.5 Å². The molecule has 1 aliphatic heterocycles. The zero-order chi connectivity index (χ0) is 11.0. The average Bonchev–Trinajstić information content (AvgIpc) is 2.29. The Bertz CT molecular complexity index is 407. The maximum absolute atomic E-state index is 4.95. The molecule has 2 aliphatic rings. The first-order chi connectivity index (χ1) is 7.81. The van der Waals surface area contributed by atoms with Gasteiger partial charge in [-0.15, -0.1) is 0 Å². The van der Waals surface area contributed by atoms with Gasteiger partial charge in [0, 0.05) is 0 Å². The number of hydrogen-bond acceptors (Lipinski definition) is 1. The first-order valence-corrected chi connectivity index (χ1v) is 7.97. The molecule has 16 heavy (non-hydrogen) atoms. The Balaban J connectivity index is 1.89. The number of benzene rings is 1. The molecule has 2 heteroatoms. The van der Waals surface area contributed by atoms with E-state index in [1.807, 2.05) is 0 Å². The number of hydrogen-bond donors (Lipinski definition) is 0. The van der Waals surface area contributed by atoms with E-state index in [-0.39, 0.29) is 0 Å². The molecule has 1 fully saturated rings. The Labute approximate surface area is 104 Å². The predicted molar refractivity (Wildman–Crippen MR) is 69.5 cm³/mol. The van der Waals surface area contributed by atoms with Gasteiger partial charge in [-0.2, -0.15) is 0 Å². The quantitative estimate of drug-likeness (QED) is 0.700. The summed E-state index contributed by atoms with van der Waals surface area (Å²) >= 11 is 0.617. The standard InChI is InChI=1S/C14H17NSe/c1-10-5-7-11(8-6-10)14-15-12-3-2-4-13(9-12)16-14/h5-8,12-13H,2-4,9H2,1H3. The zero-order valence-electron chi connectivity index (χ0n) is 9.65. The van der Waals surface area contributed by atoms with Gasteiger partial charge in [-0.1, -0.05) is 0 Å². The van der Waals surface area contributed by atoms with Crippen molar-refractivity contribution in [2.75, 3.05) is 0 Å². The summed E-state index contributed by atoms with van der Waals surface area (Å²) in [5.41, 5.74) is 2.72. The van der Waals surface area contributed by atoms with Crippen LogP contribution in [0.3, 0.4) is 0 Å². The van der Waals surface area contributed by atoms with Gasteiger partial charge in [0.05, 0.1) is 0 Å². The molecule has 1 nitrogen and oxygen atoms in total. The second kappa shape index (κ2) is 4.35. The van der Waals surface area contributed by atoms with Gasteiger partial charge in [-0.25, -0.2) is 0 Å². The molecule has 1 heterocycles. The van der Waals surface area contributed by atoms with Crippen molar-refractivity contribution >= 4 is 19.6 Å². The van der Waals surface area contributed by atoms with E-state index in [1.54, 1.807) is 0 Å². The first kappa shape index (κ1) is 10.6. The van der Waals surface area contributed by atoms with E-state index in [0.29, 0.717) is 21.0 Å². The molecule has 0 N–H and O–H groups in total. The molecule has 1 aromatic carbocycles. The SMILES string of the molecule is Cc1ccc(C2=NC3CCCC(C3)[Se]2)cc1. The van der Waals surface area contributed by atoms with Crippen LogP contribution in [0.2, 0.25) is 4.82 Å². The average molecular weight is 278 g/mol. The van der Waals surface area contributed by atoms with Crippen molar-refractivity contribution < 1.29 is 0 Å². The van der Waals surface area contributed by atoms with Crippen molar-refractivity contribution in [3.05, 3.63) is 35.4 Å². The third kappa shape index (κ3) is 2.09. The summed E-state index contributed by atoms with van der Waals surface area (Å²) in [4.78, 5) is 5.92. The molecule has 2 unspecified atom stereocenters. The van der Waals surface area contributed by atoms with Crippen molar-refractivity contribution in [1.82, 2.24) is 0 Å². The van der Waals surface area contributed by atoms with E-state index in [9.17, 15) is 0 Å². The van der Waals surface area contributed by atoms with Gasteiger partial charge >= 0.3 is 103 Å². The summed E-state index contributed by atoms with van der Waals surface area (Å²) in [6, 6.07) is 9.55. The second-order valence-corrected chi connectivity index (χ2v) is 7.57. The van der Waals surface area contributed by atoms with Gasteiger partial charge < -0.3 is 0 Å². The summed E-state index contributed by atoms with van der Waals surface area (Å²) in [6.45, 7) is 2.15. The van der Waals surface area contributed by atoms with E-state index in [4.69, 9.17) is 4.99 Å². The van der Waals surface area contributed by atoms with Crippen LogP contribution in [-0.4, -0.2) is 25.6 Å². The van der Waals surface area contributed by atoms with Crippen LogP contribution in [0.5, 0.6) is 0 Å². The molecular weight excluding hydrogens is 261 g/mol. The monoisotopic (exact) mass is 279 g/mol. The summed E-state index contributed by atoms with van der Waals surface area (Å²) < 4.78 is 1.42. The molecule has 1 aromatic rings. The van der Waals surface area contributed by atoms with Gasteiger partial charge in [-0.05, 0) is 0 Å². The van der Waals surface area contributed by atoms with Crippen molar-refractivity contribution in [2.24, 2.45) is 4.99 Å². The molecule has 1 saturated carbocycles. The molecule has 0 aromatic heterocycles. The molecule has 0 spiro atoms. The van der Waals surface area contributed by atoms with Gasteiger partial charge in [0.2, 0.25) is 0 Å². The molecule has 2 atom stereocenters. The van der Waals surface area contributed by atoms with Crippen molar-refractivity contribution in [3.63, 3.8) is 0 Å². The number of rotatable bonds is 1. The minimum atomic E-state index is 0.617. The zero-order valence-corrected chi connectivity index (χ0v) is 11.4. The van der Waals surface area contributed by atoms with Gasteiger partial charge in [0.1, 0.15) is 0 Å². The second-order valence-electron chi connectivity index (χ2n) is 4.86. The van der Waals surface area contributed by atoms with E-state index >= 15 is 0 Å². The molecule has 0 amide bonds. The predicted octanol–water partition coefficient (Wildman–Crippen LogP) is 3.19. The number of aryl methyl sites for hydroxylation is 1. The van der Waals surface area contributed by atoms with Crippen molar-refractivity contribution in [3.8, 4) is 0 Å². The molecule has 0 radical (unpaired) electrons. The summed E-state index contributed by atoms with van der Waals surface area (Å²) in [5, 5.41) is 0. The number of aliphatic imine (C=N–C) groups is 1. The van der Waals surface area contributed by atoms with Crippen LogP contribution in [0.15, 0.2) is 29.3 Å². The Morgan fingerprint density at radius 3 is 2.75 bits per heavy atom. The third-order valence-electron chi connectivity index (χ3n) is 3.48. The van der Waals surface area contributed by atoms with E-state index < -0.39 is 0 Å². The van der Waals surface area contributed by atoms with Crippen LogP contribution in [-0.2, 0) is 0 Å². The van der Waals surface area contributed by atoms with Crippen LogP contribution in [0.1, 0.15) is 36.8 Å². The van der Waals surface area contributed by atoms with Crippen LogP contribution in [0, 0.1) is 6.92 Å². The van der Waals surface area contributed by atoms with Crippen molar-refractivity contribution in [1.29, 1.82) is 0 Å². The molecule has 0 saturated heterocycles. The summed E-state index contributed by atoms with van der Waals surface area (Å²) in [5.74, 6) is 0. The minimum absolute atomic E-state index is 0.617. The number of fused-ring (bicyclic) bond motifs is 2. The summed E-state index contributed by atoms with van der Waals surface area (Å²) in [7, 11) is 0. The molecule has 1 aliphatic carbocycles. The fraction of sp³-hybridized carbons (Fsp3) is 0.500. The topological polar surface area (TPSA) is 12.4 Å². The van der Waals surface area contributed by atoms with E-state index in [0.717, 1.165) is 4.82 Å². The molecule has 2 bridgehead atoms. The van der Waals surface area contributed by atoms with E-state index in [2.05, 4.69) is 31.2 Å². The van der Waals surface area contributed by atoms with E-state index in [1.165, 1.54) is 41.4 Å². The normalized spacial score (nSPS) is 28.7. The first-order valence-electron chi connectivity index (χ1n) is 6.13. The molecule has 3 rings (SSSR count). The fourth-order valence-corrected chi connectivity index (χ4v) is 5.48. The van der Waals surface area contributed by atoms with Crippen LogP contribution in [0.25, 0.3) is 0 Å². The Morgan fingerprint density at radius 1 is 1.19 bits per heavy atom. The van der Waals surface area contributed by atoms with Gasteiger partial charge in [0.25, 0.3) is 0 Å².